The van der Waals surface area contributed by atoms with Gasteiger partial charge in [-0.2, -0.15) is 0 Å². The maximum atomic E-state index is 12.2. The maximum Gasteiger partial charge on any atom is 0.255 e. The minimum atomic E-state index is -0.288. The van der Waals surface area contributed by atoms with Gasteiger partial charge in [0, 0.05) is 29.7 Å². The predicted molar refractivity (Wildman–Crippen MR) is 110 cm³/mol. The van der Waals surface area contributed by atoms with Crippen molar-refractivity contribution in [3.05, 3.63) is 77.9 Å². The fourth-order valence-electron chi connectivity index (χ4n) is 2.51. The number of rotatable bonds is 5. The van der Waals surface area contributed by atoms with Crippen molar-refractivity contribution in [2.45, 2.75) is 0 Å². The van der Waals surface area contributed by atoms with Gasteiger partial charge in [-0.05, 0) is 66.7 Å². The summed E-state index contributed by atoms with van der Waals surface area (Å²) in [4.78, 5) is 24.1. The van der Waals surface area contributed by atoms with E-state index in [4.69, 9.17) is 16.2 Å². The number of nitrogens with one attached hydrogen (secondary N) is 2. The Labute approximate surface area is 162 Å². The molecule has 3 aromatic carbocycles. The first-order valence-corrected chi connectivity index (χ1v) is 8.52. The molecule has 0 aliphatic heterocycles. The molecule has 0 fully saturated rings. The van der Waals surface area contributed by atoms with Crippen LogP contribution in [0.25, 0.3) is 0 Å². The predicted octanol–water partition coefficient (Wildman–Crippen LogP) is 3.26. The molecule has 6 N–H and O–H groups in total. The normalized spacial score (nSPS) is 10.2. The molecule has 28 heavy (non-hydrogen) atoms. The minimum absolute atomic E-state index is 0.234. The maximum absolute atomic E-state index is 12.2. The Hall–Kier alpha value is -4.00. The van der Waals surface area contributed by atoms with E-state index in [2.05, 4.69) is 10.6 Å². The number of amides is 2. The van der Waals surface area contributed by atoms with Gasteiger partial charge in [-0.1, -0.05) is 0 Å². The number of carbonyl (C=O) groups is 2. The first-order chi connectivity index (χ1) is 13.5. The van der Waals surface area contributed by atoms with E-state index >= 15 is 0 Å². The molecule has 2 amide bonds. The average Bonchev–Trinajstić information content (AvgIpc) is 2.70. The van der Waals surface area contributed by atoms with Gasteiger partial charge in [0.15, 0.2) is 0 Å². The van der Waals surface area contributed by atoms with Gasteiger partial charge in [0.05, 0.1) is 5.56 Å². The number of anilines is 3. The van der Waals surface area contributed by atoms with Crippen LogP contribution >= 0.6 is 0 Å². The second kappa shape index (κ2) is 8.13. The van der Waals surface area contributed by atoms with Crippen molar-refractivity contribution in [3.8, 4) is 11.5 Å². The van der Waals surface area contributed by atoms with E-state index in [-0.39, 0.29) is 11.8 Å². The highest BCUT2D eigenvalue weighted by Gasteiger charge is 2.10. The van der Waals surface area contributed by atoms with Gasteiger partial charge in [0.25, 0.3) is 11.8 Å². The number of hydrogen-bond acceptors (Lipinski definition) is 5. The van der Waals surface area contributed by atoms with Crippen LogP contribution in [0.15, 0.2) is 66.7 Å². The largest absolute Gasteiger partial charge is 0.457 e. The zero-order valence-corrected chi connectivity index (χ0v) is 15.2. The molecule has 7 heteroatoms. The van der Waals surface area contributed by atoms with E-state index in [0.29, 0.717) is 39.7 Å². The minimum Gasteiger partial charge on any atom is -0.457 e. The van der Waals surface area contributed by atoms with Gasteiger partial charge < -0.3 is 26.8 Å². The number of nitrogens with two attached hydrogens (primary N) is 2. The fraction of sp³-hybridized carbons (Fsp3) is 0.0476. The molecule has 142 valence electrons. The molecule has 0 heterocycles. The van der Waals surface area contributed by atoms with E-state index in [1.54, 1.807) is 66.7 Å². The lowest BCUT2D eigenvalue weighted by atomic mass is 10.1. The zero-order chi connectivity index (χ0) is 20.1. The van der Waals surface area contributed by atoms with Crippen LogP contribution in [0.1, 0.15) is 20.7 Å². The van der Waals surface area contributed by atoms with Crippen LogP contribution in [0.4, 0.5) is 17.1 Å². The van der Waals surface area contributed by atoms with Crippen LogP contribution in [-0.4, -0.2) is 18.9 Å². The van der Waals surface area contributed by atoms with E-state index in [9.17, 15) is 9.59 Å². The van der Waals surface area contributed by atoms with E-state index < -0.39 is 0 Å². The molecular formula is C21H20N4O3. The van der Waals surface area contributed by atoms with Crippen molar-refractivity contribution < 1.29 is 14.3 Å². The van der Waals surface area contributed by atoms with Crippen LogP contribution in [0.2, 0.25) is 0 Å². The molecule has 0 radical (unpaired) electrons. The quantitative estimate of drug-likeness (QED) is 0.510. The van der Waals surface area contributed by atoms with Gasteiger partial charge in [-0.25, -0.2) is 0 Å². The van der Waals surface area contributed by atoms with Gasteiger partial charge in [-0.15, -0.1) is 0 Å². The van der Waals surface area contributed by atoms with E-state index in [0.717, 1.165) is 0 Å². The topological polar surface area (TPSA) is 119 Å². The number of benzene rings is 3. The van der Waals surface area contributed by atoms with Crippen molar-refractivity contribution >= 4 is 28.9 Å². The smallest absolute Gasteiger partial charge is 0.255 e. The Morgan fingerprint density at radius 3 is 2.11 bits per heavy atom. The zero-order valence-electron chi connectivity index (χ0n) is 15.2. The van der Waals surface area contributed by atoms with Crippen LogP contribution < -0.4 is 26.8 Å². The molecule has 3 rings (SSSR count). The summed E-state index contributed by atoms with van der Waals surface area (Å²) in [5.74, 6) is 0.510. The van der Waals surface area contributed by atoms with Gasteiger partial charge >= 0.3 is 0 Å². The van der Waals surface area contributed by atoms with Gasteiger partial charge in [0.2, 0.25) is 0 Å². The molecule has 0 saturated carbocycles. The molecule has 3 aromatic rings. The lowest BCUT2D eigenvalue weighted by Gasteiger charge is -2.10. The van der Waals surface area contributed by atoms with Crippen LogP contribution in [0.3, 0.4) is 0 Å². The molecule has 0 aliphatic carbocycles. The summed E-state index contributed by atoms with van der Waals surface area (Å²) < 4.78 is 5.76. The highest BCUT2D eigenvalue weighted by atomic mass is 16.5. The molecule has 0 aromatic heterocycles. The molecular weight excluding hydrogens is 356 g/mol. The van der Waals surface area contributed by atoms with Crippen molar-refractivity contribution in [1.82, 2.24) is 5.32 Å². The van der Waals surface area contributed by atoms with Crippen molar-refractivity contribution in [3.63, 3.8) is 0 Å². The van der Waals surface area contributed by atoms with Crippen LogP contribution in [-0.2, 0) is 0 Å². The Morgan fingerprint density at radius 2 is 1.46 bits per heavy atom. The lowest BCUT2D eigenvalue weighted by Crippen LogP contribution is -2.19. The standard InChI is InChI=1S/C21H20N4O3/c1-24-21(27)18-12-17(10-11-19(18)23)28-16-8-6-15(7-9-16)25-20(26)13-2-4-14(22)5-3-13/h2-12H,22-23H2,1H3,(H,24,27)(H,25,26). The van der Waals surface area contributed by atoms with Crippen LogP contribution in [0.5, 0.6) is 11.5 Å². The fourth-order valence-corrected chi connectivity index (χ4v) is 2.51. The van der Waals surface area contributed by atoms with Crippen molar-refractivity contribution in [2.24, 2.45) is 0 Å². The third-order valence-electron chi connectivity index (χ3n) is 4.02. The summed E-state index contributed by atoms with van der Waals surface area (Å²) in [5, 5.41) is 5.34. The summed E-state index contributed by atoms with van der Waals surface area (Å²) in [6, 6.07) is 18.4. The highest BCUT2D eigenvalue weighted by Crippen LogP contribution is 2.26. The Bertz CT molecular complexity index is 999. The summed E-state index contributed by atoms with van der Waals surface area (Å²) in [7, 11) is 1.53. The molecule has 0 bridgehead atoms. The third-order valence-corrected chi connectivity index (χ3v) is 4.02. The summed E-state index contributed by atoms with van der Waals surface area (Å²) >= 11 is 0. The molecule has 0 saturated heterocycles. The number of carbonyl (C=O) groups excluding carboxylic acids is 2. The summed E-state index contributed by atoms with van der Waals surface area (Å²) in [5.41, 5.74) is 13.9. The summed E-state index contributed by atoms with van der Waals surface area (Å²) in [6.45, 7) is 0. The SMILES string of the molecule is CNC(=O)c1cc(Oc2ccc(NC(=O)c3ccc(N)cc3)cc2)ccc1N. The number of ether oxygens (including phenoxy) is 1. The monoisotopic (exact) mass is 376 g/mol. The van der Waals surface area contributed by atoms with Gasteiger partial charge in [-0.3, -0.25) is 9.59 Å². The molecule has 0 unspecified atom stereocenters. The number of nitrogen functional groups attached to an aromatic ring is 2. The molecule has 0 atom stereocenters. The molecule has 7 nitrogen and oxygen atoms in total. The first kappa shape index (κ1) is 18.8. The van der Waals surface area contributed by atoms with Gasteiger partial charge in [0.1, 0.15) is 11.5 Å². The van der Waals surface area contributed by atoms with Crippen LogP contribution in [0, 0.1) is 0 Å². The first-order valence-electron chi connectivity index (χ1n) is 8.52. The molecule has 0 spiro atoms. The van der Waals surface area contributed by atoms with Crippen molar-refractivity contribution in [1.29, 1.82) is 0 Å². The Kier molecular flexibility index (Phi) is 5.45. The van der Waals surface area contributed by atoms with E-state index in [1.165, 1.54) is 7.05 Å². The second-order valence-corrected chi connectivity index (χ2v) is 6.03. The number of hydrogen-bond donors (Lipinski definition) is 4. The molecule has 0 aliphatic rings. The van der Waals surface area contributed by atoms with Crippen molar-refractivity contribution in [2.75, 3.05) is 23.8 Å². The Morgan fingerprint density at radius 1 is 0.821 bits per heavy atom. The Balaban J connectivity index is 1.68. The second-order valence-electron chi connectivity index (χ2n) is 6.03. The lowest BCUT2D eigenvalue weighted by molar-refractivity contribution is 0.0962. The summed E-state index contributed by atoms with van der Waals surface area (Å²) in [6.07, 6.45) is 0. The third kappa shape index (κ3) is 4.39. The highest BCUT2D eigenvalue weighted by molar-refractivity contribution is 6.04. The van der Waals surface area contributed by atoms with E-state index in [1.807, 2.05) is 0 Å². The average molecular weight is 376 g/mol.